The molecule has 0 unspecified atom stereocenters. The van der Waals surface area contributed by atoms with Gasteiger partial charge >= 0.3 is 0 Å². The molecule has 0 aliphatic rings. The molecule has 0 aromatic carbocycles. The van der Waals surface area contributed by atoms with E-state index >= 15 is 0 Å². The van der Waals surface area contributed by atoms with Crippen LogP contribution in [0.1, 0.15) is 6.92 Å². The van der Waals surface area contributed by atoms with Gasteiger partial charge in [0.25, 0.3) is 0 Å². The molecule has 0 fully saturated rings. The molecule has 0 amide bonds. The zero-order chi connectivity index (χ0) is 4.99. The second kappa shape index (κ2) is 2.45. The van der Waals surface area contributed by atoms with Gasteiger partial charge in [0.15, 0.2) is 0 Å². The van der Waals surface area contributed by atoms with Crippen molar-refractivity contribution in [3.05, 3.63) is 12.7 Å². The van der Waals surface area contributed by atoms with Gasteiger partial charge in [-0.05, 0) is 13.0 Å². The van der Waals surface area contributed by atoms with Crippen LogP contribution in [-0.2, 0) is 0 Å². The lowest BCUT2D eigenvalue weighted by molar-refractivity contribution is 0.319. The van der Waals surface area contributed by atoms with Crippen molar-refractivity contribution < 1.29 is 5.21 Å². The second-order valence-corrected chi connectivity index (χ2v) is 0.946. The van der Waals surface area contributed by atoms with E-state index in [4.69, 9.17) is 5.21 Å². The minimum absolute atomic E-state index is 0.537. The van der Waals surface area contributed by atoms with Crippen molar-refractivity contribution in [3.8, 4) is 0 Å². The summed E-state index contributed by atoms with van der Waals surface area (Å²) in [6.07, 6.45) is 1.47. The first kappa shape index (κ1) is 5.21. The van der Waals surface area contributed by atoms with E-state index in [0.29, 0.717) is 5.71 Å². The maximum Gasteiger partial charge on any atom is 0.0758 e. The molecule has 0 rings (SSSR count). The first-order valence-corrected chi connectivity index (χ1v) is 1.62. The molecular formula is C4H7NO. The molecule has 0 aromatic heterocycles. The van der Waals surface area contributed by atoms with E-state index in [1.807, 2.05) is 0 Å². The standard InChI is InChI=1S/C4H7NO/c1-3-4(2)5-6/h3,6H,1H2,2H3/b5-4+. The SMILES string of the molecule is C=C/C(C)=N/O. The topological polar surface area (TPSA) is 32.6 Å². The van der Waals surface area contributed by atoms with E-state index in [2.05, 4.69) is 11.7 Å². The molecule has 0 aromatic rings. The van der Waals surface area contributed by atoms with E-state index in [-0.39, 0.29) is 0 Å². The third kappa shape index (κ3) is 1.52. The van der Waals surface area contributed by atoms with Crippen LogP contribution in [0.15, 0.2) is 17.8 Å². The first-order valence-electron chi connectivity index (χ1n) is 1.62. The molecule has 2 nitrogen and oxygen atoms in total. The van der Waals surface area contributed by atoms with Crippen LogP contribution in [0.5, 0.6) is 0 Å². The number of hydrogen-bond donors (Lipinski definition) is 1. The molecule has 0 saturated heterocycles. The van der Waals surface area contributed by atoms with Gasteiger partial charge in [0.05, 0.1) is 5.71 Å². The zero-order valence-electron chi connectivity index (χ0n) is 3.68. The van der Waals surface area contributed by atoms with Crippen LogP contribution in [-0.4, -0.2) is 10.9 Å². The molecule has 0 aliphatic carbocycles. The minimum atomic E-state index is 0.537. The van der Waals surface area contributed by atoms with Gasteiger partial charge in [-0.3, -0.25) is 0 Å². The van der Waals surface area contributed by atoms with Crippen LogP contribution in [0.2, 0.25) is 0 Å². The van der Waals surface area contributed by atoms with E-state index in [1.54, 1.807) is 6.92 Å². The van der Waals surface area contributed by atoms with Crippen molar-refractivity contribution in [2.45, 2.75) is 6.92 Å². The van der Waals surface area contributed by atoms with Gasteiger partial charge in [-0.2, -0.15) is 0 Å². The van der Waals surface area contributed by atoms with E-state index in [0.717, 1.165) is 0 Å². The second-order valence-electron chi connectivity index (χ2n) is 0.946. The zero-order valence-corrected chi connectivity index (χ0v) is 3.68. The molecule has 2 heteroatoms. The number of nitrogens with zero attached hydrogens (tertiary/aromatic N) is 1. The maximum absolute atomic E-state index is 7.85. The number of hydrogen-bond acceptors (Lipinski definition) is 2. The van der Waals surface area contributed by atoms with Crippen molar-refractivity contribution >= 4 is 5.71 Å². The van der Waals surface area contributed by atoms with Gasteiger partial charge in [0, 0.05) is 0 Å². The molecule has 0 saturated carbocycles. The summed E-state index contributed by atoms with van der Waals surface area (Å²) >= 11 is 0. The highest BCUT2D eigenvalue weighted by Crippen LogP contribution is 1.69. The van der Waals surface area contributed by atoms with E-state index in [1.165, 1.54) is 6.08 Å². The average Bonchev–Trinajstić information content (AvgIpc) is 1.65. The summed E-state index contributed by atoms with van der Waals surface area (Å²) in [5.41, 5.74) is 0.537. The molecule has 1 N–H and O–H groups in total. The summed E-state index contributed by atoms with van der Waals surface area (Å²) in [6.45, 7) is 5.00. The fraction of sp³-hybridized carbons (Fsp3) is 0.250. The predicted molar refractivity (Wildman–Crippen MR) is 25.1 cm³/mol. The lowest BCUT2D eigenvalue weighted by Crippen LogP contribution is -1.78. The van der Waals surface area contributed by atoms with E-state index < -0.39 is 0 Å². The summed E-state index contributed by atoms with van der Waals surface area (Å²) in [5.74, 6) is 0. The predicted octanol–water partition coefficient (Wildman–Crippen LogP) is 1.02. The van der Waals surface area contributed by atoms with Crippen LogP contribution >= 0.6 is 0 Å². The van der Waals surface area contributed by atoms with Gasteiger partial charge in [0.1, 0.15) is 0 Å². The quantitative estimate of drug-likeness (QED) is 0.288. The Kier molecular flexibility index (Phi) is 2.13. The van der Waals surface area contributed by atoms with Gasteiger partial charge in [-0.1, -0.05) is 11.7 Å². The molecule has 0 spiro atoms. The Hall–Kier alpha value is -0.790. The smallest absolute Gasteiger partial charge is 0.0758 e. The summed E-state index contributed by atoms with van der Waals surface area (Å²) in [6, 6.07) is 0. The normalized spacial score (nSPS) is 11.2. The Balaban J connectivity index is 3.50. The maximum atomic E-state index is 7.85. The van der Waals surface area contributed by atoms with Crippen molar-refractivity contribution in [3.63, 3.8) is 0 Å². The number of rotatable bonds is 1. The third-order valence-electron chi connectivity index (χ3n) is 0.453. The van der Waals surface area contributed by atoms with Crippen LogP contribution in [0.3, 0.4) is 0 Å². The molecule has 34 valence electrons. The summed E-state index contributed by atoms with van der Waals surface area (Å²) in [5, 5.41) is 10.7. The largest absolute Gasteiger partial charge is 0.411 e. The van der Waals surface area contributed by atoms with Gasteiger partial charge in [-0.15, -0.1) is 0 Å². The van der Waals surface area contributed by atoms with Crippen LogP contribution < -0.4 is 0 Å². The van der Waals surface area contributed by atoms with Crippen molar-refractivity contribution in [1.82, 2.24) is 0 Å². The first-order chi connectivity index (χ1) is 2.81. The third-order valence-corrected chi connectivity index (χ3v) is 0.453. The number of allylic oxidation sites excluding steroid dienone is 1. The number of oxime groups is 1. The summed E-state index contributed by atoms with van der Waals surface area (Å²) < 4.78 is 0. The highest BCUT2D eigenvalue weighted by atomic mass is 16.4. The molecule has 0 bridgehead atoms. The molecular weight excluding hydrogens is 78.0 g/mol. The lowest BCUT2D eigenvalue weighted by atomic mass is 10.4. The van der Waals surface area contributed by atoms with Gasteiger partial charge < -0.3 is 5.21 Å². The monoisotopic (exact) mass is 85.1 g/mol. The molecule has 0 aliphatic heterocycles. The Bertz CT molecular complexity index is 75.6. The summed E-state index contributed by atoms with van der Waals surface area (Å²) in [7, 11) is 0. The summed E-state index contributed by atoms with van der Waals surface area (Å²) in [4.78, 5) is 0. The van der Waals surface area contributed by atoms with Crippen molar-refractivity contribution in [2.75, 3.05) is 0 Å². The lowest BCUT2D eigenvalue weighted by Gasteiger charge is -1.75. The van der Waals surface area contributed by atoms with Crippen molar-refractivity contribution in [1.29, 1.82) is 0 Å². The Morgan fingerprint density at radius 1 is 2.00 bits per heavy atom. The average molecular weight is 85.1 g/mol. The molecule has 0 heterocycles. The Morgan fingerprint density at radius 2 is 2.50 bits per heavy atom. The van der Waals surface area contributed by atoms with Crippen LogP contribution in [0, 0.1) is 0 Å². The fourth-order valence-corrected chi connectivity index (χ4v) is 0.0408. The minimum Gasteiger partial charge on any atom is -0.411 e. The van der Waals surface area contributed by atoms with Crippen molar-refractivity contribution in [2.24, 2.45) is 5.16 Å². The van der Waals surface area contributed by atoms with Gasteiger partial charge in [-0.25, -0.2) is 0 Å². The molecule has 0 atom stereocenters. The Labute approximate surface area is 36.8 Å². The van der Waals surface area contributed by atoms with Crippen LogP contribution in [0.4, 0.5) is 0 Å². The molecule has 6 heavy (non-hydrogen) atoms. The fourth-order valence-electron chi connectivity index (χ4n) is 0.0408. The molecule has 0 radical (unpaired) electrons. The van der Waals surface area contributed by atoms with E-state index in [9.17, 15) is 0 Å². The highest BCUT2D eigenvalue weighted by Gasteiger charge is 1.71. The van der Waals surface area contributed by atoms with Gasteiger partial charge in [0.2, 0.25) is 0 Å². The Morgan fingerprint density at radius 3 is 2.50 bits per heavy atom. The highest BCUT2D eigenvalue weighted by molar-refractivity contribution is 5.91. The van der Waals surface area contributed by atoms with Crippen LogP contribution in [0.25, 0.3) is 0 Å².